The van der Waals surface area contributed by atoms with E-state index in [9.17, 15) is 21.6 Å². The van der Waals surface area contributed by atoms with Gasteiger partial charge in [0.2, 0.25) is 10.0 Å². The van der Waals surface area contributed by atoms with Crippen molar-refractivity contribution in [3.05, 3.63) is 29.6 Å². The van der Waals surface area contributed by atoms with E-state index in [1.165, 1.54) is 6.07 Å². The smallest absolute Gasteiger partial charge is 0.327 e. The van der Waals surface area contributed by atoms with Crippen molar-refractivity contribution < 1.29 is 21.6 Å². The molecule has 5 nitrogen and oxygen atoms in total. The van der Waals surface area contributed by atoms with Crippen LogP contribution in [0.25, 0.3) is 11.0 Å². The minimum atomic E-state index is -4.43. The van der Waals surface area contributed by atoms with Gasteiger partial charge in [0.15, 0.2) is 0 Å². The summed E-state index contributed by atoms with van der Waals surface area (Å²) >= 11 is 0. The first-order valence-electron chi connectivity index (χ1n) is 7.72. The number of rotatable bonds is 5. The molecule has 0 unspecified atom stereocenters. The van der Waals surface area contributed by atoms with Gasteiger partial charge in [-0.25, -0.2) is 18.1 Å². The highest BCUT2D eigenvalue weighted by Crippen LogP contribution is 2.33. The molecule has 0 radical (unpaired) electrons. The number of nitrogens with one attached hydrogen (secondary N) is 1. The van der Waals surface area contributed by atoms with Crippen LogP contribution in [0, 0.1) is 0 Å². The Morgan fingerprint density at radius 2 is 2.04 bits per heavy atom. The molecule has 132 valence electrons. The van der Waals surface area contributed by atoms with E-state index < -0.39 is 27.8 Å². The van der Waals surface area contributed by atoms with Gasteiger partial charge in [-0.2, -0.15) is 13.2 Å². The van der Waals surface area contributed by atoms with Crippen molar-refractivity contribution in [2.45, 2.75) is 50.7 Å². The summed E-state index contributed by atoms with van der Waals surface area (Å²) in [4.78, 5) is 4.34. The minimum absolute atomic E-state index is 0.347. The Morgan fingerprint density at radius 1 is 1.38 bits per heavy atom. The molecule has 0 spiro atoms. The molecule has 1 aliphatic rings. The van der Waals surface area contributed by atoms with Gasteiger partial charge >= 0.3 is 6.18 Å². The van der Waals surface area contributed by atoms with E-state index in [4.69, 9.17) is 0 Å². The maximum atomic E-state index is 12.9. The largest absolute Gasteiger partial charge is 0.416 e. The molecule has 9 heteroatoms. The number of fused-ring (bicyclic) bond motifs is 1. The summed E-state index contributed by atoms with van der Waals surface area (Å²) in [5, 5.41) is -0.365. The first kappa shape index (κ1) is 17.2. The molecule has 1 aromatic heterocycles. The predicted octanol–water partition coefficient (Wildman–Crippen LogP) is 3.22. The molecule has 1 fully saturated rings. The maximum Gasteiger partial charge on any atom is 0.416 e. The van der Waals surface area contributed by atoms with Crippen LogP contribution < -0.4 is 4.72 Å². The predicted molar refractivity (Wildman–Crippen MR) is 83.9 cm³/mol. The zero-order chi connectivity index (χ0) is 17.7. The van der Waals surface area contributed by atoms with Gasteiger partial charge in [0.05, 0.1) is 27.9 Å². The number of aryl methyl sites for hydroxylation is 1. The lowest BCUT2D eigenvalue weighted by molar-refractivity contribution is -0.137. The van der Waals surface area contributed by atoms with E-state index in [2.05, 4.69) is 9.71 Å². The van der Waals surface area contributed by atoms with Crippen LogP contribution in [0.5, 0.6) is 0 Å². The van der Waals surface area contributed by atoms with Crippen molar-refractivity contribution in [3.8, 4) is 0 Å². The fraction of sp³-hybridized carbons (Fsp3) is 0.533. The summed E-state index contributed by atoms with van der Waals surface area (Å²) in [7, 11) is -3.41. The van der Waals surface area contributed by atoms with E-state index >= 15 is 0 Å². The van der Waals surface area contributed by atoms with Crippen molar-refractivity contribution in [1.29, 1.82) is 0 Å². The minimum Gasteiger partial charge on any atom is -0.327 e. The number of alkyl halides is 3. The zero-order valence-electron chi connectivity index (χ0n) is 13.3. The summed E-state index contributed by atoms with van der Waals surface area (Å²) in [5.41, 5.74) is 0.0134. The summed E-state index contributed by atoms with van der Waals surface area (Å²) in [6.45, 7) is 3.83. The van der Waals surface area contributed by atoms with Crippen molar-refractivity contribution >= 4 is 21.1 Å². The topological polar surface area (TPSA) is 64.0 Å². The molecule has 0 amide bonds. The average Bonchev–Trinajstić information content (AvgIpc) is 3.26. The Labute approximate surface area is 137 Å². The maximum absolute atomic E-state index is 12.9. The number of hydrogen-bond acceptors (Lipinski definition) is 3. The Balaban J connectivity index is 2.01. The molecule has 2 aromatic rings. The van der Waals surface area contributed by atoms with Crippen LogP contribution in [0.3, 0.4) is 0 Å². The highest BCUT2D eigenvalue weighted by atomic mass is 32.2. The SMILES string of the molecule is CCn1c([C@@H](C)NS(=O)(=O)C2CC2)nc2ccc(C(F)(F)F)cc21. The molecular formula is C15H18F3N3O2S. The van der Waals surface area contributed by atoms with Crippen molar-refractivity contribution in [1.82, 2.24) is 14.3 Å². The van der Waals surface area contributed by atoms with Gasteiger partial charge in [0, 0.05) is 6.54 Å². The van der Waals surface area contributed by atoms with Gasteiger partial charge in [-0.05, 0) is 44.9 Å². The third-order valence-electron chi connectivity index (χ3n) is 4.11. The summed E-state index contributed by atoms with van der Waals surface area (Å²) in [6.07, 6.45) is -3.15. The Kier molecular flexibility index (Phi) is 4.11. The molecule has 24 heavy (non-hydrogen) atoms. The lowest BCUT2D eigenvalue weighted by atomic mass is 10.2. The van der Waals surface area contributed by atoms with Crippen molar-refractivity contribution in [2.24, 2.45) is 0 Å². The van der Waals surface area contributed by atoms with Crippen LogP contribution in [-0.4, -0.2) is 23.2 Å². The molecule has 3 rings (SSSR count). The second-order valence-corrected chi connectivity index (χ2v) is 7.99. The van der Waals surface area contributed by atoms with Crippen LogP contribution >= 0.6 is 0 Å². The molecule has 1 atom stereocenters. The monoisotopic (exact) mass is 361 g/mol. The van der Waals surface area contributed by atoms with Gasteiger partial charge in [-0.15, -0.1) is 0 Å². The molecule has 0 bridgehead atoms. The lowest BCUT2D eigenvalue weighted by Crippen LogP contribution is -2.31. The van der Waals surface area contributed by atoms with Gasteiger partial charge in [0.25, 0.3) is 0 Å². The number of imidazole rings is 1. The van der Waals surface area contributed by atoms with Crippen molar-refractivity contribution in [2.75, 3.05) is 0 Å². The van der Waals surface area contributed by atoms with E-state index in [0.29, 0.717) is 36.2 Å². The van der Waals surface area contributed by atoms with Crippen LogP contribution in [0.2, 0.25) is 0 Å². The average molecular weight is 361 g/mol. The van der Waals surface area contributed by atoms with E-state index in [1.54, 1.807) is 18.4 Å². The number of nitrogens with zero attached hydrogens (tertiary/aromatic N) is 2. The highest BCUT2D eigenvalue weighted by molar-refractivity contribution is 7.90. The molecule has 0 aliphatic heterocycles. The lowest BCUT2D eigenvalue weighted by Gasteiger charge is -2.15. The van der Waals surface area contributed by atoms with E-state index in [1.807, 2.05) is 0 Å². The quantitative estimate of drug-likeness (QED) is 0.889. The molecular weight excluding hydrogens is 343 g/mol. The van der Waals surface area contributed by atoms with Crippen molar-refractivity contribution in [3.63, 3.8) is 0 Å². The number of benzene rings is 1. The van der Waals surface area contributed by atoms with Crippen LogP contribution in [0.4, 0.5) is 13.2 Å². The Hall–Kier alpha value is -1.61. The Morgan fingerprint density at radius 3 is 2.58 bits per heavy atom. The second-order valence-electron chi connectivity index (χ2n) is 6.00. The molecule has 1 aliphatic carbocycles. The number of halogens is 3. The molecule has 1 saturated carbocycles. The molecule has 0 saturated heterocycles. The molecule has 1 aromatic carbocycles. The van der Waals surface area contributed by atoms with E-state index in [-0.39, 0.29) is 5.25 Å². The van der Waals surface area contributed by atoms with Crippen LogP contribution in [0.1, 0.15) is 44.1 Å². The summed E-state index contributed by atoms with van der Waals surface area (Å²) in [6, 6.07) is 2.74. The second kappa shape index (κ2) is 5.73. The van der Waals surface area contributed by atoms with Gasteiger partial charge in [-0.3, -0.25) is 0 Å². The van der Waals surface area contributed by atoms with Crippen LogP contribution in [0.15, 0.2) is 18.2 Å². The standard InChI is InChI=1S/C15H18F3N3O2S/c1-3-21-13-8-10(15(16,17)18)4-7-12(13)19-14(21)9(2)20-24(22,23)11-5-6-11/h4,7-9,11,20H,3,5-6H2,1-2H3/t9-/m1/s1. The highest BCUT2D eigenvalue weighted by Gasteiger charge is 2.37. The fourth-order valence-electron chi connectivity index (χ4n) is 2.75. The normalized spacial score (nSPS) is 17.4. The van der Waals surface area contributed by atoms with Crippen LogP contribution in [-0.2, 0) is 22.7 Å². The zero-order valence-corrected chi connectivity index (χ0v) is 14.1. The molecule has 1 N–H and O–H groups in total. The summed E-state index contributed by atoms with van der Waals surface area (Å²) in [5.74, 6) is 0.413. The first-order chi connectivity index (χ1) is 11.1. The van der Waals surface area contributed by atoms with E-state index in [0.717, 1.165) is 12.1 Å². The summed E-state index contributed by atoms with van der Waals surface area (Å²) < 4.78 is 67.1. The number of aromatic nitrogens is 2. The third-order valence-corrected chi connectivity index (χ3v) is 6.14. The number of sulfonamides is 1. The van der Waals surface area contributed by atoms with Gasteiger partial charge < -0.3 is 4.57 Å². The number of hydrogen-bond donors (Lipinski definition) is 1. The van der Waals surface area contributed by atoms with Gasteiger partial charge in [-0.1, -0.05) is 0 Å². The first-order valence-corrected chi connectivity index (χ1v) is 9.26. The molecule has 1 heterocycles. The third kappa shape index (κ3) is 3.14. The van der Waals surface area contributed by atoms with Gasteiger partial charge in [0.1, 0.15) is 5.82 Å². The Bertz CT molecular complexity index is 870. The fourth-order valence-corrected chi connectivity index (χ4v) is 4.30.